The van der Waals surface area contributed by atoms with Crippen LogP contribution in [0.4, 0.5) is 0 Å². The molecule has 1 saturated heterocycles. The van der Waals surface area contributed by atoms with Crippen molar-refractivity contribution in [3.63, 3.8) is 0 Å². The Balaban J connectivity index is 0.975. The molecule has 27 heavy (non-hydrogen) atoms. The van der Waals surface area contributed by atoms with Gasteiger partial charge in [-0.25, -0.2) is 0 Å². The van der Waals surface area contributed by atoms with E-state index in [1.165, 1.54) is 38.5 Å². The Morgan fingerprint density at radius 2 is 1.59 bits per heavy atom. The molecular weight excluding hydrogens is 340 g/mol. The lowest BCUT2D eigenvalue weighted by Gasteiger charge is -2.47. The summed E-state index contributed by atoms with van der Waals surface area (Å²) in [6.45, 7) is 1.90. The minimum atomic E-state index is -0.278. The van der Waals surface area contributed by atoms with Crippen molar-refractivity contribution in [3.8, 4) is 0 Å². The normalized spacial score (nSPS) is 59.3. The molecule has 6 unspecified atom stereocenters. The molecule has 1 heterocycles. The molecular formula is C23H32O4. The van der Waals surface area contributed by atoms with Crippen LogP contribution in [0.15, 0.2) is 0 Å². The largest absolute Gasteiger partial charge is 0.465 e. The van der Waals surface area contributed by atoms with Crippen molar-refractivity contribution in [1.29, 1.82) is 0 Å². The van der Waals surface area contributed by atoms with Crippen LogP contribution >= 0.6 is 0 Å². The Kier molecular flexibility index (Phi) is 3.18. The summed E-state index contributed by atoms with van der Waals surface area (Å²) in [7, 11) is 0. The first-order valence-electron chi connectivity index (χ1n) is 11.6. The van der Waals surface area contributed by atoms with Gasteiger partial charge in [-0.1, -0.05) is 0 Å². The summed E-state index contributed by atoms with van der Waals surface area (Å²) < 4.78 is 18.8. The molecule has 0 aromatic rings. The van der Waals surface area contributed by atoms with Crippen LogP contribution in [0.3, 0.4) is 0 Å². The second-order valence-electron chi connectivity index (χ2n) is 11.4. The first-order valence-corrected chi connectivity index (χ1v) is 11.6. The molecule has 6 atom stereocenters. The van der Waals surface area contributed by atoms with E-state index in [2.05, 4.69) is 0 Å². The standard InChI is InChI=1S/C23H32O4/c24-21(22-7-14-2-17(8-22)18(3-14)9-22)25-10-15-11-26-23(27-12-15)19-4-13-1-16(6-19)20(23)5-13/h13-20H,1-12H2. The van der Waals surface area contributed by atoms with E-state index in [1.807, 2.05) is 0 Å². The van der Waals surface area contributed by atoms with Gasteiger partial charge in [0.05, 0.1) is 25.2 Å². The van der Waals surface area contributed by atoms with Crippen LogP contribution in [0.5, 0.6) is 0 Å². The van der Waals surface area contributed by atoms with Gasteiger partial charge in [-0.15, -0.1) is 0 Å². The van der Waals surface area contributed by atoms with Crippen molar-refractivity contribution < 1.29 is 19.0 Å². The van der Waals surface area contributed by atoms with Crippen molar-refractivity contribution in [3.05, 3.63) is 0 Å². The number of hydrogen-bond acceptors (Lipinski definition) is 4. The first-order chi connectivity index (χ1) is 13.1. The maximum Gasteiger partial charge on any atom is 0.312 e. The molecule has 4 nitrogen and oxygen atoms in total. The van der Waals surface area contributed by atoms with Gasteiger partial charge < -0.3 is 14.2 Å². The average Bonchev–Trinajstić information content (AvgIpc) is 3.28. The van der Waals surface area contributed by atoms with E-state index in [-0.39, 0.29) is 23.1 Å². The molecule has 0 N–H and O–H groups in total. The number of carbonyl (C=O) groups excluding carboxylic acids is 1. The number of carbonyl (C=O) groups is 1. The zero-order chi connectivity index (χ0) is 17.8. The minimum absolute atomic E-state index is 0.0956. The molecule has 8 aliphatic carbocycles. The van der Waals surface area contributed by atoms with E-state index < -0.39 is 0 Å². The molecule has 4 heteroatoms. The van der Waals surface area contributed by atoms with Crippen LogP contribution in [0.1, 0.15) is 57.8 Å². The fourth-order valence-corrected chi connectivity index (χ4v) is 9.22. The van der Waals surface area contributed by atoms with Gasteiger partial charge in [0.25, 0.3) is 0 Å². The van der Waals surface area contributed by atoms with Gasteiger partial charge in [-0.3, -0.25) is 4.79 Å². The van der Waals surface area contributed by atoms with Gasteiger partial charge in [0.2, 0.25) is 0 Å². The van der Waals surface area contributed by atoms with Crippen LogP contribution in [0.25, 0.3) is 0 Å². The Morgan fingerprint density at radius 1 is 0.852 bits per heavy atom. The van der Waals surface area contributed by atoms with Gasteiger partial charge in [0, 0.05) is 17.8 Å². The van der Waals surface area contributed by atoms with E-state index in [4.69, 9.17) is 14.2 Å². The zero-order valence-corrected chi connectivity index (χ0v) is 16.2. The third kappa shape index (κ3) is 2.10. The topological polar surface area (TPSA) is 44.8 Å². The second kappa shape index (κ2) is 5.30. The van der Waals surface area contributed by atoms with Crippen molar-refractivity contribution in [2.75, 3.05) is 19.8 Å². The highest BCUT2D eigenvalue weighted by Gasteiger charge is 2.65. The van der Waals surface area contributed by atoms with Gasteiger partial charge in [-0.2, -0.15) is 0 Å². The lowest BCUT2D eigenvalue weighted by molar-refractivity contribution is -0.329. The molecule has 0 radical (unpaired) electrons. The van der Waals surface area contributed by atoms with Gasteiger partial charge in [-0.05, 0) is 87.4 Å². The fourth-order valence-electron chi connectivity index (χ4n) is 9.22. The molecule has 9 fully saturated rings. The van der Waals surface area contributed by atoms with E-state index >= 15 is 0 Å². The maximum absolute atomic E-state index is 12.9. The number of ether oxygens (including phenoxy) is 3. The minimum Gasteiger partial charge on any atom is -0.465 e. The predicted octanol–water partition coefficient (Wildman–Crippen LogP) is 3.78. The van der Waals surface area contributed by atoms with Gasteiger partial charge in [0.15, 0.2) is 5.79 Å². The fraction of sp³-hybridized carbons (Fsp3) is 0.957. The molecule has 0 aromatic carbocycles. The smallest absolute Gasteiger partial charge is 0.312 e. The molecule has 0 aromatic heterocycles. The Hall–Kier alpha value is -0.610. The van der Waals surface area contributed by atoms with Crippen LogP contribution in [-0.2, 0) is 19.0 Å². The first kappa shape index (κ1) is 16.2. The van der Waals surface area contributed by atoms with Crippen molar-refractivity contribution in [2.24, 2.45) is 52.8 Å². The van der Waals surface area contributed by atoms with Crippen LogP contribution in [0, 0.1) is 52.8 Å². The summed E-state index contributed by atoms with van der Waals surface area (Å²) in [4.78, 5) is 12.9. The molecule has 148 valence electrons. The number of rotatable bonds is 3. The summed E-state index contributed by atoms with van der Waals surface area (Å²) in [5.41, 5.74) is -0.127. The van der Waals surface area contributed by atoms with Crippen molar-refractivity contribution >= 4 is 5.97 Å². The lowest BCUT2D eigenvalue weighted by Crippen LogP contribution is -2.54. The summed E-state index contributed by atoms with van der Waals surface area (Å²) in [5, 5.41) is 0. The quantitative estimate of drug-likeness (QED) is 0.707. The van der Waals surface area contributed by atoms with Crippen molar-refractivity contribution in [1.82, 2.24) is 0 Å². The van der Waals surface area contributed by atoms with E-state index in [1.54, 1.807) is 0 Å². The molecule has 9 rings (SSSR count). The van der Waals surface area contributed by atoms with Gasteiger partial charge in [0.1, 0.15) is 0 Å². The molecule has 1 spiro atoms. The Labute approximate surface area is 161 Å². The third-order valence-corrected chi connectivity index (χ3v) is 9.98. The number of hydrogen-bond donors (Lipinski definition) is 0. The molecule has 8 saturated carbocycles. The van der Waals surface area contributed by atoms with Gasteiger partial charge >= 0.3 is 5.97 Å². The SMILES string of the molecule is O=C(OCC1COC2(OC1)C1CC3CC(C1)C2C3)C12CC3CC(C1)C(C3)C2. The summed E-state index contributed by atoms with van der Waals surface area (Å²) in [6.07, 6.45) is 11.4. The predicted molar refractivity (Wildman–Crippen MR) is 97.5 cm³/mol. The van der Waals surface area contributed by atoms with Crippen molar-refractivity contribution in [2.45, 2.75) is 63.6 Å². The Morgan fingerprint density at radius 3 is 2.30 bits per heavy atom. The summed E-state index contributed by atoms with van der Waals surface area (Å²) in [5.74, 6) is 5.47. The molecule has 8 bridgehead atoms. The van der Waals surface area contributed by atoms with Crippen LogP contribution < -0.4 is 0 Å². The highest BCUT2D eigenvalue weighted by atomic mass is 16.7. The molecule has 9 aliphatic rings. The summed E-state index contributed by atoms with van der Waals surface area (Å²) in [6, 6.07) is 0. The van der Waals surface area contributed by atoms with E-state index in [9.17, 15) is 4.79 Å². The van der Waals surface area contributed by atoms with E-state index in [0.29, 0.717) is 31.7 Å². The van der Waals surface area contributed by atoms with Crippen LogP contribution in [-0.4, -0.2) is 31.6 Å². The molecule has 1 aliphatic heterocycles. The maximum atomic E-state index is 12.9. The average molecular weight is 373 g/mol. The van der Waals surface area contributed by atoms with Crippen LogP contribution in [0.2, 0.25) is 0 Å². The zero-order valence-electron chi connectivity index (χ0n) is 16.2. The second-order valence-corrected chi connectivity index (χ2v) is 11.4. The lowest BCUT2D eigenvalue weighted by atomic mass is 9.69. The number of esters is 1. The third-order valence-electron chi connectivity index (χ3n) is 9.98. The van der Waals surface area contributed by atoms with E-state index in [0.717, 1.165) is 48.9 Å². The highest BCUT2D eigenvalue weighted by molar-refractivity contribution is 5.78. The Bertz CT molecular complexity index is 642. The molecule has 0 amide bonds. The highest BCUT2D eigenvalue weighted by Crippen LogP contribution is 2.66. The monoisotopic (exact) mass is 372 g/mol. The summed E-state index contributed by atoms with van der Waals surface area (Å²) >= 11 is 0.